The highest BCUT2D eigenvalue weighted by Gasteiger charge is 2.21. The van der Waals surface area contributed by atoms with E-state index in [-0.39, 0.29) is 6.04 Å². The zero-order valence-electron chi connectivity index (χ0n) is 12.3. The van der Waals surface area contributed by atoms with Crippen molar-refractivity contribution >= 4 is 0 Å². The number of ether oxygens (including phenoxy) is 1. The van der Waals surface area contributed by atoms with Crippen LogP contribution >= 0.6 is 0 Å². The number of pyridine rings is 1. The number of methoxy groups -OCH3 is 1. The summed E-state index contributed by atoms with van der Waals surface area (Å²) in [4.78, 5) is 13.2. The van der Waals surface area contributed by atoms with Gasteiger partial charge in [-0.3, -0.25) is 9.97 Å². The topological polar surface area (TPSA) is 59.9 Å². The first-order chi connectivity index (χ1) is 9.67. The highest BCUT2D eigenvalue weighted by Crippen LogP contribution is 2.27. The van der Waals surface area contributed by atoms with E-state index >= 15 is 0 Å². The maximum atomic E-state index is 5.32. The molecule has 0 spiro atoms. The summed E-state index contributed by atoms with van der Waals surface area (Å²) < 4.78 is 5.32. The Morgan fingerprint density at radius 2 is 1.95 bits per heavy atom. The Morgan fingerprint density at radius 1 is 1.20 bits per heavy atom. The second kappa shape index (κ2) is 6.43. The number of nitrogens with zero attached hydrogens (tertiary/aromatic N) is 3. The molecule has 1 N–H and O–H groups in total. The van der Waals surface area contributed by atoms with Gasteiger partial charge in [0.15, 0.2) is 0 Å². The minimum Gasteiger partial charge on any atom is -0.480 e. The number of rotatable bonds is 5. The number of hydrogen-bond acceptors (Lipinski definition) is 5. The Hall–Kier alpha value is -2.01. The molecule has 0 amide bonds. The number of nitrogens with one attached hydrogen (secondary N) is 1. The van der Waals surface area contributed by atoms with Gasteiger partial charge < -0.3 is 10.1 Å². The van der Waals surface area contributed by atoms with Crippen molar-refractivity contribution in [1.82, 2.24) is 20.3 Å². The Balaban J connectivity index is 2.50. The molecule has 0 aliphatic carbocycles. The third-order valence-corrected chi connectivity index (χ3v) is 3.14. The lowest BCUT2D eigenvalue weighted by Crippen LogP contribution is -2.25. The normalized spacial score (nSPS) is 12.2. The van der Waals surface area contributed by atoms with Crippen LogP contribution in [-0.2, 0) is 0 Å². The van der Waals surface area contributed by atoms with E-state index in [1.165, 1.54) is 0 Å². The molecule has 2 rings (SSSR count). The quantitative estimate of drug-likeness (QED) is 0.904. The third-order valence-electron chi connectivity index (χ3n) is 3.14. The molecule has 106 valence electrons. The molecule has 0 aliphatic rings. The van der Waals surface area contributed by atoms with Crippen LogP contribution in [0.25, 0.3) is 0 Å². The summed E-state index contributed by atoms with van der Waals surface area (Å²) in [6.07, 6.45) is 3.31. The van der Waals surface area contributed by atoms with Gasteiger partial charge in [0.05, 0.1) is 13.2 Å². The number of hydrogen-bond donors (Lipinski definition) is 1. The maximum Gasteiger partial charge on any atom is 0.237 e. The van der Waals surface area contributed by atoms with Gasteiger partial charge >= 0.3 is 0 Å². The predicted molar refractivity (Wildman–Crippen MR) is 77.8 cm³/mol. The van der Waals surface area contributed by atoms with Crippen LogP contribution in [0.15, 0.2) is 24.5 Å². The summed E-state index contributed by atoms with van der Waals surface area (Å²) in [7, 11) is 1.61. The zero-order chi connectivity index (χ0) is 14.5. The van der Waals surface area contributed by atoms with Gasteiger partial charge in [0.25, 0.3) is 0 Å². The fourth-order valence-electron chi connectivity index (χ4n) is 2.25. The minimum atomic E-state index is -0.0725. The summed E-state index contributed by atoms with van der Waals surface area (Å²) in [6.45, 7) is 6.88. The lowest BCUT2D eigenvalue weighted by atomic mass is 10.0. The lowest BCUT2D eigenvalue weighted by molar-refractivity contribution is 0.383. The Morgan fingerprint density at radius 3 is 2.60 bits per heavy atom. The molecule has 0 saturated carbocycles. The van der Waals surface area contributed by atoms with Gasteiger partial charge in [0, 0.05) is 23.8 Å². The summed E-state index contributed by atoms with van der Waals surface area (Å²) >= 11 is 0. The highest BCUT2D eigenvalue weighted by molar-refractivity contribution is 5.35. The van der Waals surface area contributed by atoms with E-state index in [9.17, 15) is 0 Å². The maximum absolute atomic E-state index is 5.32. The molecule has 0 radical (unpaired) electrons. The summed E-state index contributed by atoms with van der Waals surface area (Å²) in [5.74, 6) is 0.540. The Bertz CT molecular complexity index is 586. The van der Waals surface area contributed by atoms with Gasteiger partial charge in [0.1, 0.15) is 5.69 Å². The first kappa shape index (κ1) is 14.4. The van der Waals surface area contributed by atoms with E-state index in [4.69, 9.17) is 4.74 Å². The molecule has 20 heavy (non-hydrogen) atoms. The van der Waals surface area contributed by atoms with Crippen LogP contribution in [-0.4, -0.2) is 28.6 Å². The lowest BCUT2D eigenvalue weighted by Gasteiger charge is -2.20. The smallest absolute Gasteiger partial charge is 0.237 e. The molecule has 1 atom stereocenters. The highest BCUT2D eigenvalue weighted by atomic mass is 16.5. The van der Waals surface area contributed by atoms with E-state index in [1.54, 1.807) is 19.5 Å². The minimum absolute atomic E-state index is 0.0725. The van der Waals surface area contributed by atoms with Crippen molar-refractivity contribution < 1.29 is 4.74 Å². The number of aromatic nitrogens is 3. The van der Waals surface area contributed by atoms with E-state index < -0.39 is 0 Å². The third kappa shape index (κ3) is 2.93. The van der Waals surface area contributed by atoms with Crippen LogP contribution in [0.4, 0.5) is 0 Å². The van der Waals surface area contributed by atoms with E-state index in [2.05, 4.69) is 33.3 Å². The SMILES string of the molecule is CCNC(c1ccc(C)nc1C)c1nccnc1OC. The first-order valence-corrected chi connectivity index (χ1v) is 6.69. The van der Waals surface area contributed by atoms with Crippen LogP contribution in [0.3, 0.4) is 0 Å². The van der Waals surface area contributed by atoms with Crippen molar-refractivity contribution in [3.05, 3.63) is 47.2 Å². The molecule has 2 aromatic heterocycles. The Labute approximate surface area is 119 Å². The largest absolute Gasteiger partial charge is 0.480 e. The average molecular weight is 272 g/mol. The summed E-state index contributed by atoms with van der Waals surface area (Å²) in [5.41, 5.74) is 3.87. The molecule has 0 aromatic carbocycles. The van der Waals surface area contributed by atoms with Crippen molar-refractivity contribution in [2.45, 2.75) is 26.8 Å². The summed E-state index contributed by atoms with van der Waals surface area (Å²) in [5, 5.41) is 3.43. The molecule has 0 aliphatic heterocycles. The van der Waals surface area contributed by atoms with Gasteiger partial charge in [-0.1, -0.05) is 13.0 Å². The molecule has 2 aromatic rings. The second-order valence-corrected chi connectivity index (χ2v) is 4.57. The first-order valence-electron chi connectivity index (χ1n) is 6.69. The molecular formula is C15H20N4O. The van der Waals surface area contributed by atoms with Gasteiger partial charge in [-0.15, -0.1) is 0 Å². The fourth-order valence-corrected chi connectivity index (χ4v) is 2.25. The molecule has 0 saturated heterocycles. The van der Waals surface area contributed by atoms with Gasteiger partial charge in [-0.05, 0) is 32.0 Å². The monoisotopic (exact) mass is 272 g/mol. The van der Waals surface area contributed by atoms with E-state index in [1.807, 2.05) is 19.9 Å². The van der Waals surface area contributed by atoms with Crippen molar-refractivity contribution in [3.63, 3.8) is 0 Å². The van der Waals surface area contributed by atoms with Crippen molar-refractivity contribution in [3.8, 4) is 5.88 Å². The molecule has 2 heterocycles. The van der Waals surface area contributed by atoms with Crippen molar-refractivity contribution in [2.75, 3.05) is 13.7 Å². The predicted octanol–water partition coefficient (Wildman–Crippen LogP) is 2.20. The van der Waals surface area contributed by atoms with Crippen LogP contribution in [0, 0.1) is 13.8 Å². The van der Waals surface area contributed by atoms with Crippen molar-refractivity contribution in [1.29, 1.82) is 0 Å². The fraction of sp³-hybridized carbons (Fsp3) is 0.400. The van der Waals surface area contributed by atoms with Crippen LogP contribution in [0.1, 0.15) is 35.6 Å². The molecule has 1 unspecified atom stereocenters. The molecule has 0 bridgehead atoms. The second-order valence-electron chi connectivity index (χ2n) is 4.57. The zero-order valence-corrected chi connectivity index (χ0v) is 12.3. The van der Waals surface area contributed by atoms with Gasteiger partial charge in [-0.2, -0.15) is 0 Å². The Kier molecular flexibility index (Phi) is 4.63. The van der Waals surface area contributed by atoms with Gasteiger partial charge in [-0.25, -0.2) is 4.98 Å². The average Bonchev–Trinajstić information content (AvgIpc) is 2.45. The van der Waals surface area contributed by atoms with Gasteiger partial charge in [0.2, 0.25) is 5.88 Å². The van der Waals surface area contributed by atoms with Crippen LogP contribution in [0.2, 0.25) is 0 Å². The molecule has 0 fully saturated rings. The molecular weight excluding hydrogens is 252 g/mol. The van der Waals surface area contributed by atoms with Crippen LogP contribution < -0.4 is 10.1 Å². The number of aryl methyl sites for hydroxylation is 2. The van der Waals surface area contributed by atoms with E-state index in [0.29, 0.717) is 5.88 Å². The van der Waals surface area contributed by atoms with Crippen LogP contribution in [0.5, 0.6) is 5.88 Å². The molecule has 5 heteroatoms. The standard InChI is InChI=1S/C15H20N4O/c1-5-16-13(12-7-6-10(2)19-11(12)3)14-15(20-4)18-9-8-17-14/h6-9,13,16H,5H2,1-4H3. The van der Waals surface area contributed by atoms with E-state index in [0.717, 1.165) is 29.2 Å². The summed E-state index contributed by atoms with van der Waals surface area (Å²) in [6, 6.07) is 4.02. The van der Waals surface area contributed by atoms with Crippen molar-refractivity contribution in [2.24, 2.45) is 0 Å². The molecule has 5 nitrogen and oxygen atoms in total.